The van der Waals surface area contributed by atoms with Gasteiger partial charge in [0.15, 0.2) is 0 Å². The van der Waals surface area contributed by atoms with E-state index in [0.717, 1.165) is 34.1 Å². The van der Waals surface area contributed by atoms with Crippen LogP contribution in [0.3, 0.4) is 0 Å². The van der Waals surface area contributed by atoms with E-state index in [4.69, 9.17) is 9.97 Å². The maximum atomic E-state index is 5.74. The molecule has 2 aliphatic carbocycles. The highest BCUT2D eigenvalue weighted by atomic mass is 15.2. The van der Waals surface area contributed by atoms with Gasteiger partial charge in [0.2, 0.25) is 0 Å². The van der Waals surface area contributed by atoms with Crippen LogP contribution in [0.15, 0.2) is 225 Å². The van der Waals surface area contributed by atoms with E-state index in [1.165, 1.54) is 50.1 Å². The van der Waals surface area contributed by atoms with Crippen molar-refractivity contribution in [2.45, 2.75) is 10.8 Å². The summed E-state index contributed by atoms with van der Waals surface area (Å²) in [6.45, 7) is 0. The zero-order chi connectivity index (χ0) is 37.8. The minimum Gasteiger partial charge on any atom is -0.295 e. The summed E-state index contributed by atoms with van der Waals surface area (Å²) >= 11 is 0. The molecule has 0 spiro atoms. The van der Waals surface area contributed by atoms with Crippen molar-refractivity contribution in [2.24, 2.45) is 0 Å². The van der Waals surface area contributed by atoms with Crippen molar-refractivity contribution in [1.29, 1.82) is 0 Å². The smallest absolute Gasteiger partial charge is 0.137 e. The summed E-state index contributed by atoms with van der Waals surface area (Å²) < 4.78 is 0. The molecule has 0 fully saturated rings. The van der Waals surface area contributed by atoms with Gasteiger partial charge in [0.1, 0.15) is 5.82 Å². The summed E-state index contributed by atoms with van der Waals surface area (Å²) in [5, 5.41) is 0. The van der Waals surface area contributed by atoms with Crippen molar-refractivity contribution >= 4 is 17.2 Å². The molecule has 0 unspecified atom stereocenters. The Labute approximate surface area is 333 Å². The van der Waals surface area contributed by atoms with Gasteiger partial charge in [-0.1, -0.05) is 170 Å². The molecule has 7 aromatic carbocycles. The fourth-order valence-corrected chi connectivity index (χ4v) is 9.84. The molecule has 0 bridgehead atoms. The quantitative estimate of drug-likeness (QED) is 0.164. The van der Waals surface area contributed by atoms with Crippen LogP contribution < -0.4 is 4.90 Å². The Balaban J connectivity index is 1.16. The number of hydrogen-bond donors (Lipinski definition) is 0. The minimum atomic E-state index is -0.628. The fraction of sp³-hybridized carbons (Fsp3) is 0.0370. The Hall–Kier alpha value is -7.36. The second-order valence-corrected chi connectivity index (χ2v) is 14.9. The van der Waals surface area contributed by atoms with Crippen LogP contribution in [0.25, 0.3) is 22.3 Å². The molecule has 9 aromatic rings. The number of para-hydroxylation sites is 1. The third-order valence-electron chi connectivity index (χ3n) is 12.1. The van der Waals surface area contributed by atoms with Crippen molar-refractivity contribution < 1.29 is 0 Å². The van der Waals surface area contributed by atoms with E-state index in [1.54, 1.807) is 0 Å². The SMILES string of the molecule is c1ccc(N(c2cccc(C3(c4ccccn4)c4ccccc4-c4ccccc43)c2)c2cccc(C3(c4ccccc4)c4ccccc4-c4ccccc43)n2)cc1. The van der Waals surface area contributed by atoms with Gasteiger partial charge in [-0.25, -0.2) is 4.98 Å². The zero-order valence-corrected chi connectivity index (χ0v) is 31.2. The molecule has 0 atom stereocenters. The van der Waals surface area contributed by atoms with Gasteiger partial charge in [-0.15, -0.1) is 0 Å². The molecule has 57 heavy (non-hydrogen) atoms. The van der Waals surface area contributed by atoms with Crippen LogP contribution in [-0.2, 0) is 10.8 Å². The Morgan fingerprint density at radius 2 is 0.772 bits per heavy atom. The van der Waals surface area contributed by atoms with Crippen molar-refractivity contribution in [1.82, 2.24) is 9.97 Å². The van der Waals surface area contributed by atoms with Crippen LogP contribution in [0.5, 0.6) is 0 Å². The fourth-order valence-electron chi connectivity index (χ4n) is 9.84. The van der Waals surface area contributed by atoms with E-state index in [9.17, 15) is 0 Å². The first-order valence-corrected chi connectivity index (χ1v) is 19.6. The lowest BCUT2D eigenvalue weighted by atomic mass is 9.69. The number of nitrogens with zero attached hydrogens (tertiary/aromatic N) is 3. The lowest BCUT2D eigenvalue weighted by Gasteiger charge is -2.35. The average molecular weight is 728 g/mol. The predicted octanol–water partition coefficient (Wildman–Crippen LogP) is 12.7. The molecule has 2 heterocycles. The van der Waals surface area contributed by atoms with Gasteiger partial charge < -0.3 is 0 Å². The zero-order valence-electron chi connectivity index (χ0n) is 31.2. The van der Waals surface area contributed by atoms with E-state index in [2.05, 4.69) is 217 Å². The normalized spacial score (nSPS) is 13.9. The summed E-state index contributed by atoms with van der Waals surface area (Å²) in [4.78, 5) is 13.1. The average Bonchev–Trinajstić information content (AvgIpc) is 3.77. The number of pyridine rings is 2. The second-order valence-electron chi connectivity index (χ2n) is 14.9. The second kappa shape index (κ2) is 13.1. The maximum absolute atomic E-state index is 5.74. The third-order valence-corrected chi connectivity index (χ3v) is 12.1. The Morgan fingerprint density at radius 1 is 0.333 bits per heavy atom. The number of rotatable bonds is 7. The number of benzene rings is 7. The molecule has 0 aliphatic heterocycles. The van der Waals surface area contributed by atoms with Crippen LogP contribution in [0.4, 0.5) is 17.2 Å². The van der Waals surface area contributed by atoms with Gasteiger partial charge >= 0.3 is 0 Å². The Kier molecular flexibility index (Phi) is 7.61. The largest absolute Gasteiger partial charge is 0.295 e. The first-order valence-electron chi connectivity index (χ1n) is 19.6. The van der Waals surface area contributed by atoms with Crippen LogP contribution in [0.1, 0.15) is 44.8 Å². The third kappa shape index (κ3) is 4.79. The van der Waals surface area contributed by atoms with E-state index in [0.29, 0.717) is 0 Å². The highest BCUT2D eigenvalue weighted by Gasteiger charge is 2.48. The molecule has 11 rings (SSSR count). The van der Waals surface area contributed by atoms with Gasteiger partial charge in [0.25, 0.3) is 0 Å². The summed E-state index contributed by atoms with van der Waals surface area (Å²) in [6.07, 6.45) is 1.91. The van der Waals surface area contributed by atoms with Gasteiger partial charge in [0, 0.05) is 17.6 Å². The van der Waals surface area contributed by atoms with Crippen molar-refractivity contribution in [3.05, 3.63) is 269 Å². The van der Waals surface area contributed by atoms with E-state index in [-0.39, 0.29) is 0 Å². The van der Waals surface area contributed by atoms with Crippen molar-refractivity contribution in [2.75, 3.05) is 4.90 Å². The molecule has 0 amide bonds. The summed E-state index contributed by atoms with van der Waals surface area (Å²) in [5.41, 5.74) is 15.0. The number of anilines is 3. The molecule has 268 valence electrons. The maximum Gasteiger partial charge on any atom is 0.137 e. The number of hydrogen-bond acceptors (Lipinski definition) is 3. The van der Waals surface area contributed by atoms with Gasteiger partial charge in [0.05, 0.1) is 22.2 Å². The molecule has 2 aliphatic rings. The molecule has 0 radical (unpaired) electrons. The summed E-state index contributed by atoms with van der Waals surface area (Å²) in [7, 11) is 0. The first kappa shape index (κ1) is 33.0. The highest BCUT2D eigenvalue weighted by Crippen LogP contribution is 2.57. The highest BCUT2D eigenvalue weighted by molar-refractivity contribution is 5.88. The van der Waals surface area contributed by atoms with Gasteiger partial charge in [-0.3, -0.25) is 9.88 Å². The topological polar surface area (TPSA) is 29.0 Å². The van der Waals surface area contributed by atoms with Gasteiger partial charge in [-0.2, -0.15) is 0 Å². The van der Waals surface area contributed by atoms with E-state index >= 15 is 0 Å². The standard InChI is InChI=1S/C54H37N3/c1-3-19-38(20-4-1)53(46-29-11-7-25-42(46)43-26-8-12-30-47(43)53)51-34-18-35-52(56-51)57(40-22-5-2-6-23-40)41-24-17-21-39(37-41)54(50-33-15-16-36-55-50)48-31-13-9-27-44(48)45-28-10-14-32-49(45)54/h1-37H. The molecular formula is C54H37N3. The molecule has 2 aromatic heterocycles. The van der Waals surface area contributed by atoms with E-state index in [1.807, 2.05) is 12.3 Å². The monoisotopic (exact) mass is 727 g/mol. The van der Waals surface area contributed by atoms with E-state index < -0.39 is 10.8 Å². The molecular weight excluding hydrogens is 691 g/mol. The Morgan fingerprint density at radius 3 is 1.33 bits per heavy atom. The molecule has 3 heteroatoms. The molecule has 0 N–H and O–H groups in total. The molecule has 3 nitrogen and oxygen atoms in total. The lowest BCUT2D eigenvalue weighted by molar-refractivity contribution is 0.732. The summed E-state index contributed by atoms with van der Waals surface area (Å²) in [6, 6.07) is 78.6. The van der Waals surface area contributed by atoms with Crippen LogP contribution in [0.2, 0.25) is 0 Å². The summed E-state index contributed by atoms with van der Waals surface area (Å²) in [5.74, 6) is 0.840. The predicted molar refractivity (Wildman–Crippen MR) is 231 cm³/mol. The van der Waals surface area contributed by atoms with Crippen LogP contribution >= 0.6 is 0 Å². The van der Waals surface area contributed by atoms with Crippen molar-refractivity contribution in [3.63, 3.8) is 0 Å². The van der Waals surface area contributed by atoms with Crippen LogP contribution in [0, 0.1) is 0 Å². The molecule has 0 saturated carbocycles. The van der Waals surface area contributed by atoms with Gasteiger partial charge in [-0.05, 0) is 104 Å². The minimum absolute atomic E-state index is 0.616. The molecule has 0 saturated heterocycles. The lowest BCUT2D eigenvalue weighted by Crippen LogP contribution is -2.30. The Bertz CT molecular complexity index is 2650. The van der Waals surface area contributed by atoms with Crippen molar-refractivity contribution in [3.8, 4) is 22.3 Å². The number of aromatic nitrogens is 2. The number of fused-ring (bicyclic) bond motifs is 6. The van der Waals surface area contributed by atoms with Crippen LogP contribution in [-0.4, -0.2) is 9.97 Å². The first-order chi connectivity index (χ1) is 28.3.